The highest BCUT2D eigenvalue weighted by Crippen LogP contribution is 2.27. The molecule has 1 N–H and O–H groups in total. The van der Waals surface area contributed by atoms with Crippen LogP contribution in [0, 0.1) is 0 Å². The van der Waals surface area contributed by atoms with Gasteiger partial charge in [-0.2, -0.15) is 0 Å². The summed E-state index contributed by atoms with van der Waals surface area (Å²) in [5.74, 6) is 1.38. The van der Waals surface area contributed by atoms with Gasteiger partial charge in [0.2, 0.25) is 0 Å². The second-order valence-electron chi connectivity index (χ2n) is 6.93. The molecule has 6 heteroatoms. The van der Waals surface area contributed by atoms with E-state index < -0.39 is 0 Å². The SMILES string of the molecule is CCNC(=S)N(Cc1csc(COc2ccccc2C(C)C)n1)C(C)CC. The molecular weight excluding hydrogens is 374 g/mol. The molecule has 2 rings (SSSR count). The first-order valence-electron chi connectivity index (χ1n) is 9.65. The van der Waals surface area contributed by atoms with E-state index >= 15 is 0 Å². The Morgan fingerprint density at radius 2 is 2.00 bits per heavy atom. The summed E-state index contributed by atoms with van der Waals surface area (Å²) in [4.78, 5) is 6.98. The zero-order chi connectivity index (χ0) is 19.8. The highest BCUT2D eigenvalue weighted by molar-refractivity contribution is 7.80. The van der Waals surface area contributed by atoms with Crippen LogP contribution in [0.5, 0.6) is 5.75 Å². The molecule has 0 amide bonds. The van der Waals surface area contributed by atoms with Gasteiger partial charge < -0.3 is 15.0 Å². The molecule has 0 aliphatic carbocycles. The van der Waals surface area contributed by atoms with Crippen molar-refractivity contribution in [2.75, 3.05) is 6.54 Å². The van der Waals surface area contributed by atoms with Crippen molar-refractivity contribution in [2.24, 2.45) is 0 Å². The molecule has 0 aliphatic rings. The Labute approximate surface area is 173 Å². The van der Waals surface area contributed by atoms with Crippen molar-refractivity contribution in [3.63, 3.8) is 0 Å². The first kappa shape index (κ1) is 21.6. The summed E-state index contributed by atoms with van der Waals surface area (Å²) in [5.41, 5.74) is 2.27. The molecule has 1 aromatic heterocycles. The maximum absolute atomic E-state index is 6.05. The Hall–Kier alpha value is -1.66. The fourth-order valence-electron chi connectivity index (χ4n) is 2.79. The van der Waals surface area contributed by atoms with Crippen LogP contribution in [-0.4, -0.2) is 27.6 Å². The third-order valence-corrected chi connectivity index (χ3v) is 5.79. The summed E-state index contributed by atoms with van der Waals surface area (Å²) in [6, 6.07) is 8.60. The van der Waals surface area contributed by atoms with Crippen molar-refractivity contribution in [1.29, 1.82) is 0 Å². The summed E-state index contributed by atoms with van der Waals surface area (Å²) >= 11 is 7.19. The molecule has 1 atom stereocenters. The van der Waals surface area contributed by atoms with Gasteiger partial charge in [0.05, 0.1) is 12.2 Å². The molecule has 0 saturated carbocycles. The number of benzene rings is 1. The van der Waals surface area contributed by atoms with Gasteiger partial charge in [0.1, 0.15) is 17.4 Å². The van der Waals surface area contributed by atoms with Crippen LogP contribution in [0.15, 0.2) is 29.6 Å². The van der Waals surface area contributed by atoms with Crippen LogP contribution in [0.25, 0.3) is 0 Å². The predicted octanol–water partition coefficient (Wildman–Crippen LogP) is 5.34. The molecule has 148 valence electrons. The Morgan fingerprint density at radius 1 is 1.26 bits per heavy atom. The smallest absolute Gasteiger partial charge is 0.169 e. The molecule has 0 spiro atoms. The Morgan fingerprint density at radius 3 is 2.67 bits per heavy atom. The van der Waals surface area contributed by atoms with E-state index in [1.54, 1.807) is 11.3 Å². The molecule has 1 aromatic carbocycles. The molecule has 1 heterocycles. The number of nitrogens with one attached hydrogen (secondary N) is 1. The standard InChI is InChI=1S/C21H31N3OS2/c1-6-16(5)24(21(26)22-7-2)12-17-14-27-20(23-17)13-25-19-11-9-8-10-18(19)15(3)4/h8-11,14-16H,6-7,12-13H2,1-5H3,(H,22,26). The third kappa shape index (κ3) is 6.18. The van der Waals surface area contributed by atoms with E-state index in [9.17, 15) is 0 Å². The lowest BCUT2D eigenvalue weighted by Crippen LogP contribution is -2.44. The molecule has 4 nitrogen and oxygen atoms in total. The summed E-state index contributed by atoms with van der Waals surface area (Å²) in [6.07, 6.45) is 1.04. The number of hydrogen-bond acceptors (Lipinski definition) is 4. The van der Waals surface area contributed by atoms with Gasteiger partial charge >= 0.3 is 0 Å². The van der Waals surface area contributed by atoms with Gasteiger partial charge in [-0.3, -0.25) is 0 Å². The zero-order valence-corrected chi connectivity index (χ0v) is 18.6. The maximum Gasteiger partial charge on any atom is 0.169 e. The van der Waals surface area contributed by atoms with E-state index in [1.807, 2.05) is 12.1 Å². The number of rotatable bonds is 9. The number of ether oxygens (including phenoxy) is 1. The van der Waals surface area contributed by atoms with Gasteiger partial charge in [-0.05, 0) is 50.0 Å². The first-order chi connectivity index (χ1) is 13.0. The topological polar surface area (TPSA) is 37.4 Å². The molecule has 1 unspecified atom stereocenters. The number of thiazole rings is 1. The van der Waals surface area contributed by atoms with E-state index in [4.69, 9.17) is 21.9 Å². The molecule has 2 aromatic rings. The van der Waals surface area contributed by atoms with Gasteiger partial charge in [-0.25, -0.2) is 4.98 Å². The molecule has 27 heavy (non-hydrogen) atoms. The predicted molar refractivity (Wildman–Crippen MR) is 119 cm³/mol. The first-order valence-corrected chi connectivity index (χ1v) is 10.9. The number of para-hydroxylation sites is 1. The van der Waals surface area contributed by atoms with Crippen LogP contribution in [0.4, 0.5) is 0 Å². The monoisotopic (exact) mass is 405 g/mol. The number of nitrogens with zero attached hydrogens (tertiary/aromatic N) is 2. The molecule has 0 bridgehead atoms. The summed E-state index contributed by atoms with van der Waals surface area (Å²) < 4.78 is 6.05. The van der Waals surface area contributed by atoms with Crippen molar-refractivity contribution in [3.8, 4) is 5.75 Å². The fourth-order valence-corrected chi connectivity index (χ4v) is 3.88. The maximum atomic E-state index is 6.05. The summed E-state index contributed by atoms with van der Waals surface area (Å²) in [6.45, 7) is 12.9. The third-order valence-electron chi connectivity index (χ3n) is 4.54. The summed E-state index contributed by atoms with van der Waals surface area (Å²) in [7, 11) is 0. The highest BCUT2D eigenvalue weighted by atomic mass is 32.1. The Balaban J connectivity index is 2.02. The van der Waals surface area contributed by atoms with Crippen molar-refractivity contribution >= 4 is 28.7 Å². The fraction of sp³-hybridized carbons (Fsp3) is 0.524. The average molecular weight is 406 g/mol. The molecule has 0 radical (unpaired) electrons. The van der Waals surface area contributed by atoms with Crippen LogP contribution in [0.1, 0.15) is 63.2 Å². The van der Waals surface area contributed by atoms with Gasteiger partial charge in [-0.15, -0.1) is 11.3 Å². The Kier molecular flexibility index (Phi) is 8.51. The largest absolute Gasteiger partial charge is 0.486 e. The van der Waals surface area contributed by atoms with Gasteiger partial charge in [0.15, 0.2) is 5.11 Å². The van der Waals surface area contributed by atoms with Crippen molar-refractivity contribution in [2.45, 2.75) is 66.2 Å². The van der Waals surface area contributed by atoms with E-state index in [2.05, 4.69) is 62.3 Å². The van der Waals surface area contributed by atoms with Crippen LogP contribution < -0.4 is 10.1 Å². The normalized spacial score (nSPS) is 12.1. The van der Waals surface area contributed by atoms with E-state index in [0.717, 1.165) is 41.1 Å². The van der Waals surface area contributed by atoms with Gasteiger partial charge in [0, 0.05) is 18.0 Å². The van der Waals surface area contributed by atoms with E-state index in [1.165, 1.54) is 5.56 Å². The summed E-state index contributed by atoms with van der Waals surface area (Å²) in [5, 5.41) is 7.15. The van der Waals surface area contributed by atoms with E-state index in [0.29, 0.717) is 18.6 Å². The molecule has 0 saturated heterocycles. The minimum Gasteiger partial charge on any atom is -0.486 e. The van der Waals surface area contributed by atoms with Crippen molar-refractivity contribution in [1.82, 2.24) is 15.2 Å². The highest BCUT2D eigenvalue weighted by Gasteiger charge is 2.17. The molecule has 0 fully saturated rings. The average Bonchev–Trinajstić information content (AvgIpc) is 3.11. The second-order valence-corrected chi connectivity index (χ2v) is 8.26. The lowest BCUT2D eigenvalue weighted by Gasteiger charge is -2.30. The number of hydrogen-bond donors (Lipinski definition) is 1. The van der Waals surface area contributed by atoms with Crippen molar-refractivity contribution < 1.29 is 4.74 Å². The van der Waals surface area contributed by atoms with Crippen LogP contribution >= 0.6 is 23.6 Å². The van der Waals surface area contributed by atoms with Crippen LogP contribution in [0.2, 0.25) is 0 Å². The Bertz CT molecular complexity index is 730. The van der Waals surface area contributed by atoms with Crippen molar-refractivity contribution in [3.05, 3.63) is 45.9 Å². The molecule has 0 aliphatic heterocycles. The minimum atomic E-state index is 0.371. The van der Waals surface area contributed by atoms with Crippen LogP contribution in [-0.2, 0) is 13.2 Å². The van der Waals surface area contributed by atoms with E-state index in [-0.39, 0.29) is 0 Å². The lowest BCUT2D eigenvalue weighted by molar-refractivity contribution is 0.296. The quantitative estimate of drug-likeness (QED) is 0.570. The molecular formula is C21H31N3OS2. The lowest BCUT2D eigenvalue weighted by atomic mass is 10.0. The minimum absolute atomic E-state index is 0.371. The number of thiocarbonyl (C=S) groups is 1. The van der Waals surface area contributed by atoms with Crippen LogP contribution in [0.3, 0.4) is 0 Å². The second kappa shape index (κ2) is 10.6. The van der Waals surface area contributed by atoms with Gasteiger partial charge in [-0.1, -0.05) is 39.0 Å². The van der Waals surface area contributed by atoms with Gasteiger partial charge in [0.25, 0.3) is 0 Å². The number of aromatic nitrogens is 1. The zero-order valence-electron chi connectivity index (χ0n) is 17.0.